The third kappa shape index (κ3) is 43.1. The number of hydrogen-bond acceptors (Lipinski definition) is 11. The summed E-state index contributed by atoms with van der Waals surface area (Å²) in [6.45, 7) is 5.96. The zero-order valence-corrected chi connectivity index (χ0v) is 76.2. The van der Waals surface area contributed by atoms with E-state index in [0.29, 0.717) is 19.8 Å². The number of aromatic nitrogens is 1. The van der Waals surface area contributed by atoms with E-state index in [2.05, 4.69) is 276 Å². The molecule has 13 aromatic rings. The fourth-order valence-electron chi connectivity index (χ4n) is 16.9. The van der Waals surface area contributed by atoms with Crippen LogP contribution >= 0.6 is 11.8 Å². The Morgan fingerprint density at radius 2 is 0.597 bits per heavy atom. The molecule has 10 nitrogen and oxygen atoms in total. The van der Waals surface area contributed by atoms with Crippen molar-refractivity contribution < 1.29 is 28.4 Å². The molecule has 0 saturated heterocycles. The van der Waals surface area contributed by atoms with Crippen molar-refractivity contribution in [2.75, 3.05) is 67.8 Å². The number of aryl methyl sites for hydroxylation is 10. The number of pyridine rings is 1. The number of rotatable bonds is 0. The zero-order valence-electron chi connectivity index (χ0n) is 75.4. The lowest BCUT2D eigenvalue weighted by Crippen LogP contribution is -2.17. The maximum Gasteiger partial charge on any atom is 0.169 e. The van der Waals surface area contributed by atoms with Crippen molar-refractivity contribution in [3.8, 4) is 34.5 Å². The normalized spacial score (nSPS) is 13.6. The second-order valence-electron chi connectivity index (χ2n) is 32.9. The summed E-state index contributed by atoms with van der Waals surface area (Å²) in [6.07, 6.45) is 54.8. The predicted octanol–water partition coefficient (Wildman–Crippen LogP) is 37.8. The molecule has 0 bridgehead atoms. The molecule has 7 heterocycles. The van der Waals surface area contributed by atoms with Crippen LogP contribution in [0.4, 0.5) is 17.1 Å². The lowest BCUT2D eigenvalue weighted by Gasteiger charge is -2.17. The molecule has 6 aliphatic heterocycles. The summed E-state index contributed by atoms with van der Waals surface area (Å²) >= 11 is 1.93. The lowest BCUT2D eigenvalue weighted by atomic mass is 9.92. The zero-order chi connectivity index (χ0) is 88.6. The monoisotopic (exact) mass is 1960 g/mol. The first kappa shape index (κ1) is 131. The summed E-state index contributed by atoms with van der Waals surface area (Å²) in [5.74, 6) is 6.40. The van der Waals surface area contributed by atoms with Crippen LogP contribution in [0.2, 0.25) is 0 Å². The number of allylic oxidation sites excluding steroid dienone is 4. The Hall–Kier alpha value is -13.2. The van der Waals surface area contributed by atoms with Gasteiger partial charge in [0.15, 0.2) is 23.0 Å². The number of fused-ring (bicyclic) bond motifs is 13. The van der Waals surface area contributed by atoms with Crippen LogP contribution in [0.15, 0.2) is 357 Å². The molecule has 0 unspecified atom stereocenters. The minimum Gasteiger partial charge on any atom is -0.490 e. The van der Waals surface area contributed by atoms with Gasteiger partial charge in [0.2, 0.25) is 0 Å². The maximum absolute atomic E-state index is 5.36. The molecular formula is C133H182N4O6S. The molecule has 7 aliphatic carbocycles. The Labute approximate surface area is 880 Å². The smallest absolute Gasteiger partial charge is 0.169 e. The highest BCUT2D eigenvalue weighted by molar-refractivity contribution is 7.99. The number of thioether (sulfide) groups is 1. The topological polar surface area (TPSA) is 104 Å². The Morgan fingerprint density at radius 1 is 0.229 bits per heavy atom. The van der Waals surface area contributed by atoms with Crippen molar-refractivity contribution in [2.45, 2.75) is 250 Å². The molecule has 26 rings (SSSR count). The molecule has 3 N–H and O–H groups in total. The van der Waals surface area contributed by atoms with E-state index in [1.165, 1.54) is 213 Å². The van der Waals surface area contributed by atoms with Crippen LogP contribution in [-0.2, 0) is 70.6 Å². The van der Waals surface area contributed by atoms with Crippen molar-refractivity contribution in [3.63, 3.8) is 0 Å². The number of hydrogen-bond donors (Lipinski definition) is 3. The van der Waals surface area contributed by atoms with E-state index in [-0.39, 0.29) is 104 Å². The largest absolute Gasteiger partial charge is 0.490 e. The van der Waals surface area contributed by atoms with Gasteiger partial charge in [-0.2, -0.15) is 0 Å². The fourth-order valence-corrected chi connectivity index (χ4v) is 17.8. The lowest BCUT2D eigenvalue weighted by molar-refractivity contribution is 0.171. The SMILES string of the molecule is C.C.C.C.C.C.C.C.C.C.C.C.C.C.C1=COc2ccccc2O1.C1=Cc2ccccc2C1.C1=Cc2ccccc2CC1.C1=Cc2ccccc2CCC1.C1=Cc2ccccc2OC1.C1=Cc2ncccc2CC1.c1ccc2c(c1)CCC2.c1ccc2c(c1)CCCC2.c1ccc2c(c1)CCCCC2.c1ccc2c(c1)CCCN2.c1ccc2c(c1)NCCO2.c1ccc2c(c1)NCCS2.c1ccc2c(c1)OCCO2. The summed E-state index contributed by atoms with van der Waals surface area (Å²) in [5.41, 5.74) is 27.0. The maximum atomic E-state index is 5.36. The number of nitrogens with zero attached hydrogens (tertiary/aromatic N) is 1. The Morgan fingerprint density at radius 3 is 1.11 bits per heavy atom. The fraction of sp³-hybridized carbons (Fsp3) is 0.331. The summed E-state index contributed by atoms with van der Waals surface area (Å²) in [6, 6.07) is 104. The second kappa shape index (κ2) is 75.6. The molecule has 13 aliphatic rings. The van der Waals surface area contributed by atoms with E-state index in [1.807, 2.05) is 127 Å². The number of ether oxygens (including phenoxy) is 6. The van der Waals surface area contributed by atoms with Gasteiger partial charge >= 0.3 is 0 Å². The molecule has 12 aromatic carbocycles. The van der Waals surface area contributed by atoms with Gasteiger partial charge in [0.05, 0.1) is 11.4 Å². The van der Waals surface area contributed by atoms with Gasteiger partial charge in [-0.25, -0.2) is 0 Å². The van der Waals surface area contributed by atoms with Gasteiger partial charge in [0, 0.05) is 53.4 Å². The third-order valence-electron chi connectivity index (χ3n) is 23.7. The van der Waals surface area contributed by atoms with E-state index < -0.39 is 0 Å². The number of anilines is 3. The van der Waals surface area contributed by atoms with Gasteiger partial charge in [0.1, 0.15) is 50.5 Å². The highest BCUT2D eigenvalue weighted by Crippen LogP contribution is 2.34. The van der Waals surface area contributed by atoms with Crippen LogP contribution in [-0.4, -0.2) is 56.8 Å². The van der Waals surface area contributed by atoms with Crippen molar-refractivity contribution in [1.29, 1.82) is 0 Å². The van der Waals surface area contributed by atoms with Gasteiger partial charge in [-0.1, -0.05) is 396 Å². The van der Waals surface area contributed by atoms with Crippen LogP contribution in [0.3, 0.4) is 0 Å². The van der Waals surface area contributed by atoms with Gasteiger partial charge in [-0.05, 0) is 292 Å². The van der Waals surface area contributed by atoms with Crippen LogP contribution in [0.5, 0.6) is 34.5 Å². The van der Waals surface area contributed by atoms with Crippen molar-refractivity contribution in [2.24, 2.45) is 0 Å². The molecule has 0 radical (unpaired) electrons. The van der Waals surface area contributed by atoms with Gasteiger partial charge in [-0.3, -0.25) is 4.98 Å². The van der Waals surface area contributed by atoms with Gasteiger partial charge in [-0.15, -0.1) is 11.8 Å². The number of nitrogens with one attached hydrogen (secondary N) is 3. The first-order valence-electron chi connectivity index (χ1n) is 47.1. The van der Waals surface area contributed by atoms with Crippen molar-refractivity contribution in [1.82, 2.24) is 4.98 Å². The molecular weight excluding hydrogens is 1780 g/mol. The predicted molar refractivity (Wildman–Crippen MR) is 641 cm³/mol. The van der Waals surface area contributed by atoms with Crippen molar-refractivity contribution >= 4 is 59.2 Å². The molecule has 1 aromatic heterocycles. The Kier molecular flexibility index (Phi) is 68.6. The first-order valence-corrected chi connectivity index (χ1v) is 48.1. The van der Waals surface area contributed by atoms with E-state index in [1.54, 1.807) is 33.4 Å². The molecule has 0 spiro atoms. The summed E-state index contributed by atoms with van der Waals surface area (Å²) < 4.78 is 31.5. The minimum absolute atomic E-state index is 0. The highest BCUT2D eigenvalue weighted by atomic mass is 32.2. The quantitative estimate of drug-likeness (QED) is 0.126. The van der Waals surface area contributed by atoms with E-state index in [4.69, 9.17) is 28.4 Å². The van der Waals surface area contributed by atoms with Crippen LogP contribution in [0.1, 0.15) is 264 Å². The van der Waals surface area contributed by atoms with Gasteiger partial charge in [0.25, 0.3) is 0 Å². The molecule has 0 amide bonds. The summed E-state index contributed by atoms with van der Waals surface area (Å²) in [4.78, 5) is 5.62. The molecule has 11 heteroatoms. The molecule has 776 valence electrons. The highest BCUT2D eigenvalue weighted by Gasteiger charge is 2.15. The van der Waals surface area contributed by atoms with E-state index in [9.17, 15) is 0 Å². The van der Waals surface area contributed by atoms with E-state index in [0.717, 1.165) is 85.0 Å². The van der Waals surface area contributed by atoms with Crippen LogP contribution in [0.25, 0.3) is 30.4 Å². The summed E-state index contributed by atoms with van der Waals surface area (Å²) in [7, 11) is 0. The first-order chi connectivity index (χ1) is 64.6. The van der Waals surface area contributed by atoms with Crippen molar-refractivity contribution in [3.05, 3.63) is 442 Å². The second-order valence-corrected chi connectivity index (χ2v) is 34.1. The number of benzene rings is 12. The molecule has 0 atom stereocenters. The van der Waals surface area contributed by atoms with E-state index >= 15 is 0 Å². The standard InChI is InChI=1S/C11H14.C11H12.C10H12.C10H10.C9H11N.C9H9N.C9H8O.C9H10.C9H8.C8H9NO.C8H9NS.C8H8O2.C8H6O2.14CH4/c2*1-2-6-10-8-4-5-9-11(10)7-3-1;2*1-2-6-10-8-4-3-7-9(10)5-1;3*1-2-6-9-8(4-1)5-3-7-10-9;2*1-2-5-9-7-3-6-8(9)4-1;4*1-2-4-8-7(3-1)9-5-6-10-8;;;;;;;;;;;;;;/h4-5,8-9H,1-3,6-7H2;2,4-6,8-9H,1,3,7H2;1-2,5-6H,3-4,7-8H2;1-3,5-7H,4,8H2;1-2,4,6,10H,3,5,7H2;2-3,5-7H,1,4H2;1-6H,7H2;1-2,4-5H,3,6-7H2;1-6H,7H2;2*1-4,9H,5-6H2;1-4H,5-6H2;1-6H;14*1H4. The number of para-hydroxylation sites is 9. The van der Waals surface area contributed by atoms with Crippen LogP contribution < -0.4 is 44.4 Å². The average molecular weight is 1970 g/mol. The molecule has 0 fully saturated rings. The average Bonchev–Trinajstić information content (AvgIpc) is 1.67. The van der Waals surface area contributed by atoms with Gasteiger partial charge < -0.3 is 44.4 Å². The third-order valence-corrected chi connectivity index (χ3v) is 24.8. The van der Waals surface area contributed by atoms with Crippen LogP contribution in [0, 0.1) is 0 Å². The molecule has 0 saturated carbocycles. The summed E-state index contributed by atoms with van der Waals surface area (Å²) in [5, 5.41) is 9.94. The Balaban J connectivity index is 0.00000153. The Bertz CT molecular complexity index is 5160. The minimum atomic E-state index is 0. The molecule has 144 heavy (non-hydrogen) atoms.